The summed E-state index contributed by atoms with van der Waals surface area (Å²) in [5, 5.41) is 17.3. The van der Waals surface area contributed by atoms with Crippen LogP contribution in [0.2, 0.25) is 0 Å². The molecule has 0 fully saturated rings. The number of nitrogens with one attached hydrogen (secondary N) is 2. The number of H-pyrrole nitrogens is 1. The van der Waals surface area contributed by atoms with Crippen molar-refractivity contribution in [2.24, 2.45) is 0 Å². The second kappa shape index (κ2) is 6.69. The molecule has 0 aliphatic rings. The van der Waals surface area contributed by atoms with E-state index >= 15 is 0 Å². The molecule has 2 N–H and O–H groups in total. The van der Waals surface area contributed by atoms with Crippen LogP contribution in [0.5, 0.6) is 0 Å². The van der Waals surface area contributed by atoms with Crippen molar-refractivity contribution in [1.29, 1.82) is 0 Å². The van der Waals surface area contributed by atoms with E-state index in [0.717, 1.165) is 11.3 Å². The highest BCUT2D eigenvalue weighted by Gasteiger charge is 2.14. The van der Waals surface area contributed by atoms with Gasteiger partial charge < -0.3 is 10.1 Å². The van der Waals surface area contributed by atoms with Gasteiger partial charge in [0.15, 0.2) is 0 Å². The molecule has 1 aromatic heterocycles. The highest BCUT2D eigenvalue weighted by atomic mass is 16.5. The number of carbonyl (C=O) groups excluding carboxylic acids is 1. The normalized spacial score (nSPS) is 10.3. The first-order chi connectivity index (χ1) is 11.3. The Morgan fingerprint density at radius 2 is 2.04 bits per heavy atom. The second-order valence-electron chi connectivity index (χ2n) is 4.83. The number of nitrogens with zero attached hydrogens (tertiary/aromatic N) is 3. The zero-order valence-electron chi connectivity index (χ0n) is 12.5. The number of carbonyl (C=O) groups is 1. The Balaban J connectivity index is 1.91. The molecule has 0 saturated carbocycles. The monoisotopic (exact) mass is 309 g/mol. The summed E-state index contributed by atoms with van der Waals surface area (Å²) in [4.78, 5) is 11.7. The van der Waals surface area contributed by atoms with Crippen LogP contribution in [0.4, 0.5) is 5.69 Å². The van der Waals surface area contributed by atoms with E-state index in [0.29, 0.717) is 23.5 Å². The number of hydrogen-bond acceptors (Lipinski definition) is 6. The summed E-state index contributed by atoms with van der Waals surface area (Å²) in [5.74, 6) is -0.00401. The maximum absolute atomic E-state index is 11.7. The quantitative estimate of drug-likeness (QED) is 0.702. The fourth-order valence-electron chi connectivity index (χ4n) is 2.20. The number of ether oxygens (including phenoxy) is 1. The third-order valence-corrected chi connectivity index (χ3v) is 3.35. The number of hydrogen-bond donors (Lipinski definition) is 2. The Labute approximate surface area is 132 Å². The minimum Gasteiger partial charge on any atom is -0.465 e. The first-order valence-corrected chi connectivity index (χ1v) is 7.02. The molecule has 0 amide bonds. The molecular weight excluding hydrogens is 294 g/mol. The van der Waals surface area contributed by atoms with Crippen molar-refractivity contribution < 1.29 is 9.53 Å². The predicted octanol–water partition coefficient (Wildman–Crippen LogP) is 2.27. The van der Waals surface area contributed by atoms with Gasteiger partial charge in [-0.1, -0.05) is 30.3 Å². The van der Waals surface area contributed by atoms with Gasteiger partial charge in [0.1, 0.15) is 0 Å². The van der Waals surface area contributed by atoms with E-state index in [2.05, 4.69) is 25.9 Å². The van der Waals surface area contributed by atoms with Crippen molar-refractivity contribution in [1.82, 2.24) is 20.6 Å². The molecule has 23 heavy (non-hydrogen) atoms. The van der Waals surface area contributed by atoms with E-state index in [9.17, 15) is 4.79 Å². The SMILES string of the molecule is COC(=O)c1ccc(NCc2ccccc2)c(-c2nn[nH]n2)c1. The Morgan fingerprint density at radius 1 is 1.22 bits per heavy atom. The van der Waals surface area contributed by atoms with E-state index < -0.39 is 5.97 Å². The molecule has 0 aliphatic carbocycles. The van der Waals surface area contributed by atoms with Gasteiger partial charge in [0, 0.05) is 17.8 Å². The Hall–Kier alpha value is -3.22. The first-order valence-electron chi connectivity index (χ1n) is 7.02. The number of rotatable bonds is 5. The summed E-state index contributed by atoms with van der Waals surface area (Å²) < 4.78 is 4.75. The average molecular weight is 309 g/mol. The molecule has 7 heteroatoms. The molecule has 1 heterocycles. The van der Waals surface area contributed by atoms with Crippen LogP contribution in [-0.4, -0.2) is 33.7 Å². The highest BCUT2D eigenvalue weighted by molar-refractivity contribution is 5.92. The van der Waals surface area contributed by atoms with Gasteiger partial charge in [0.05, 0.1) is 12.7 Å². The maximum atomic E-state index is 11.7. The van der Waals surface area contributed by atoms with Gasteiger partial charge in [-0.2, -0.15) is 5.21 Å². The number of aromatic nitrogens is 4. The highest BCUT2D eigenvalue weighted by Crippen LogP contribution is 2.26. The van der Waals surface area contributed by atoms with Gasteiger partial charge in [-0.25, -0.2) is 4.79 Å². The summed E-state index contributed by atoms with van der Waals surface area (Å²) in [5.41, 5.74) is 3.06. The Morgan fingerprint density at radius 3 is 2.74 bits per heavy atom. The van der Waals surface area contributed by atoms with E-state index in [4.69, 9.17) is 4.74 Å². The van der Waals surface area contributed by atoms with Gasteiger partial charge in [-0.05, 0) is 29.0 Å². The van der Waals surface area contributed by atoms with Crippen LogP contribution in [0.15, 0.2) is 48.5 Å². The summed E-state index contributed by atoms with van der Waals surface area (Å²) in [6.07, 6.45) is 0. The lowest BCUT2D eigenvalue weighted by atomic mass is 10.1. The predicted molar refractivity (Wildman–Crippen MR) is 84.7 cm³/mol. The number of methoxy groups -OCH3 is 1. The minimum atomic E-state index is -0.413. The zero-order valence-corrected chi connectivity index (χ0v) is 12.5. The molecule has 0 atom stereocenters. The van der Waals surface area contributed by atoms with E-state index in [1.807, 2.05) is 30.3 Å². The van der Waals surface area contributed by atoms with Crippen LogP contribution >= 0.6 is 0 Å². The molecule has 3 aromatic rings. The summed E-state index contributed by atoms with van der Waals surface area (Å²) in [6, 6.07) is 15.2. The first kappa shape index (κ1) is 14.7. The molecule has 0 saturated heterocycles. The molecule has 0 unspecified atom stereocenters. The third-order valence-electron chi connectivity index (χ3n) is 3.35. The summed E-state index contributed by atoms with van der Waals surface area (Å²) in [7, 11) is 1.35. The maximum Gasteiger partial charge on any atom is 0.337 e. The topological polar surface area (TPSA) is 92.8 Å². The fraction of sp³-hybridized carbons (Fsp3) is 0.125. The van der Waals surface area contributed by atoms with Gasteiger partial charge in [-0.3, -0.25) is 0 Å². The molecular formula is C16H15N5O2. The van der Waals surface area contributed by atoms with E-state index in [-0.39, 0.29) is 0 Å². The lowest BCUT2D eigenvalue weighted by molar-refractivity contribution is 0.0601. The molecule has 0 radical (unpaired) electrons. The van der Waals surface area contributed by atoms with Gasteiger partial charge in [0.25, 0.3) is 0 Å². The molecule has 116 valence electrons. The molecule has 0 aliphatic heterocycles. The van der Waals surface area contributed by atoms with Crippen LogP contribution in [0.1, 0.15) is 15.9 Å². The summed E-state index contributed by atoms with van der Waals surface area (Å²) in [6.45, 7) is 0.642. The Bertz CT molecular complexity index is 787. The molecule has 0 spiro atoms. The standard InChI is InChI=1S/C16H15N5O2/c1-23-16(22)12-7-8-14(13(9-12)15-18-20-21-19-15)17-10-11-5-3-2-4-6-11/h2-9,17H,10H2,1H3,(H,18,19,20,21). The zero-order chi connectivity index (χ0) is 16.1. The second-order valence-corrected chi connectivity index (χ2v) is 4.83. The van der Waals surface area contributed by atoms with E-state index in [1.54, 1.807) is 18.2 Å². The van der Waals surface area contributed by atoms with Gasteiger partial charge >= 0.3 is 5.97 Å². The van der Waals surface area contributed by atoms with Crippen molar-refractivity contribution in [2.75, 3.05) is 12.4 Å². The molecule has 3 rings (SSSR count). The van der Waals surface area contributed by atoms with Gasteiger partial charge in [-0.15, -0.1) is 10.2 Å². The molecule has 0 bridgehead atoms. The van der Waals surface area contributed by atoms with Crippen LogP contribution < -0.4 is 5.32 Å². The van der Waals surface area contributed by atoms with Crippen LogP contribution in [0.3, 0.4) is 0 Å². The Kier molecular flexibility index (Phi) is 4.28. The van der Waals surface area contributed by atoms with Crippen molar-refractivity contribution in [3.63, 3.8) is 0 Å². The van der Waals surface area contributed by atoms with Crippen molar-refractivity contribution in [3.8, 4) is 11.4 Å². The van der Waals surface area contributed by atoms with E-state index in [1.165, 1.54) is 7.11 Å². The lowest BCUT2D eigenvalue weighted by Crippen LogP contribution is -2.05. The largest absolute Gasteiger partial charge is 0.465 e. The van der Waals surface area contributed by atoms with Crippen LogP contribution in [-0.2, 0) is 11.3 Å². The average Bonchev–Trinajstić information content (AvgIpc) is 3.14. The number of anilines is 1. The number of tetrazole rings is 1. The summed E-state index contributed by atoms with van der Waals surface area (Å²) >= 11 is 0. The molecule has 2 aromatic carbocycles. The fourth-order valence-corrected chi connectivity index (χ4v) is 2.20. The number of aromatic amines is 1. The minimum absolute atomic E-state index is 0.409. The van der Waals surface area contributed by atoms with Crippen molar-refractivity contribution in [3.05, 3.63) is 59.7 Å². The van der Waals surface area contributed by atoms with Crippen molar-refractivity contribution >= 4 is 11.7 Å². The number of esters is 1. The van der Waals surface area contributed by atoms with Gasteiger partial charge in [0.2, 0.25) is 5.82 Å². The smallest absolute Gasteiger partial charge is 0.337 e. The number of benzene rings is 2. The molecule has 7 nitrogen and oxygen atoms in total. The van der Waals surface area contributed by atoms with Crippen LogP contribution in [0.25, 0.3) is 11.4 Å². The third kappa shape index (κ3) is 3.34. The lowest BCUT2D eigenvalue weighted by Gasteiger charge is -2.11. The van der Waals surface area contributed by atoms with Crippen LogP contribution in [0, 0.1) is 0 Å². The van der Waals surface area contributed by atoms with Crippen molar-refractivity contribution in [2.45, 2.75) is 6.54 Å².